The summed E-state index contributed by atoms with van der Waals surface area (Å²) in [6, 6.07) is 6.77. The number of piperidine rings is 2. The number of unbranched alkanes of at least 4 members (excludes halogenated alkanes) is 2. The van der Waals surface area contributed by atoms with Gasteiger partial charge in [0.2, 0.25) is 0 Å². The number of anilines is 1. The molecular formula is C24H42N6. The number of aryl methyl sites for hydroxylation is 1. The molecule has 2 fully saturated rings. The quantitative estimate of drug-likeness (QED) is 0.368. The van der Waals surface area contributed by atoms with E-state index in [0.29, 0.717) is 6.04 Å². The van der Waals surface area contributed by atoms with Crippen molar-refractivity contribution in [2.24, 2.45) is 4.99 Å². The largest absolute Gasteiger partial charge is 0.357 e. The Morgan fingerprint density at radius 1 is 1.07 bits per heavy atom. The molecule has 2 aliphatic rings. The summed E-state index contributed by atoms with van der Waals surface area (Å²) in [4.78, 5) is 14.5. The summed E-state index contributed by atoms with van der Waals surface area (Å²) in [6.07, 6.45) is 10.2. The van der Waals surface area contributed by atoms with Crippen LogP contribution in [0.2, 0.25) is 0 Å². The van der Waals surface area contributed by atoms with E-state index in [1.165, 1.54) is 58.2 Å². The molecule has 2 aliphatic heterocycles. The van der Waals surface area contributed by atoms with Crippen LogP contribution < -0.4 is 15.5 Å². The van der Waals surface area contributed by atoms with E-state index in [9.17, 15) is 0 Å². The first-order valence-corrected chi connectivity index (χ1v) is 12.2. The predicted octanol–water partition coefficient (Wildman–Crippen LogP) is 3.57. The molecule has 3 heterocycles. The van der Waals surface area contributed by atoms with Gasteiger partial charge in [-0.25, -0.2) is 4.98 Å². The van der Waals surface area contributed by atoms with Crippen LogP contribution in [0.5, 0.6) is 0 Å². The average Bonchev–Trinajstić information content (AvgIpc) is 2.77. The first kappa shape index (κ1) is 22.9. The molecule has 0 aromatic carbocycles. The van der Waals surface area contributed by atoms with Crippen molar-refractivity contribution in [1.29, 1.82) is 0 Å². The number of aromatic nitrogens is 1. The molecule has 1 aromatic heterocycles. The van der Waals surface area contributed by atoms with Gasteiger partial charge in [0.1, 0.15) is 5.82 Å². The van der Waals surface area contributed by atoms with Crippen molar-refractivity contribution in [2.75, 3.05) is 50.7 Å². The van der Waals surface area contributed by atoms with Crippen LogP contribution in [0.4, 0.5) is 5.82 Å². The van der Waals surface area contributed by atoms with Crippen LogP contribution in [-0.2, 0) is 0 Å². The van der Waals surface area contributed by atoms with E-state index in [1.54, 1.807) is 0 Å². The molecule has 6 nitrogen and oxygen atoms in total. The van der Waals surface area contributed by atoms with Crippen molar-refractivity contribution in [3.8, 4) is 0 Å². The fourth-order valence-corrected chi connectivity index (χ4v) is 4.47. The van der Waals surface area contributed by atoms with Gasteiger partial charge in [0.05, 0.1) is 0 Å². The van der Waals surface area contributed by atoms with E-state index < -0.39 is 0 Å². The van der Waals surface area contributed by atoms with Gasteiger partial charge in [-0.3, -0.25) is 4.99 Å². The van der Waals surface area contributed by atoms with E-state index in [4.69, 9.17) is 4.99 Å². The first-order valence-electron chi connectivity index (χ1n) is 12.2. The lowest BCUT2D eigenvalue weighted by atomic mass is 10.1. The molecule has 3 rings (SSSR count). The van der Waals surface area contributed by atoms with Crippen LogP contribution in [0.15, 0.2) is 23.2 Å². The molecular weight excluding hydrogens is 372 g/mol. The minimum Gasteiger partial charge on any atom is -0.357 e. The van der Waals surface area contributed by atoms with Gasteiger partial charge in [-0.05, 0) is 84.1 Å². The van der Waals surface area contributed by atoms with Crippen LogP contribution >= 0.6 is 0 Å². The van der Waals surface area contributed by atoms with Crippen molar-refractivity contribution in [2.45, 2.75) is 71.3 Å². The summed E-state index contributed by atoms with van der Waals surface area (Å²) in [5.74, 6) is 2.10. The monoisotopic (exact) mass is 414 g/mol. The third-order valence-electron chi connectivity index (χ3n) is 6.23. The normalized spacial score (nSPS) is 19.1. The molecule has 0 atom stereocenters. The van der Waals surface area contributed by atoms with Gasteiger partial charge in [0.15, 0.2) is 5.96 Å². The van der Waals surface area contributed by atoms with Crippen molar-refractivity contribution in [1.82, 2.24) is 20.5 Å². The molecule has 0 unspecified atom stereocenters. The van der Waals surface area contributed by atoms with Gasteiger partial charge >= 0.3 is 0 Å². The second-order valence-corrected chi connectivity index (χ2v) is 8.77. The van der Waals surface area contributed by atoms with Crippen molar-refractivity contribution < 1.29 is 0 Å². The zero-order chi connectivity index (χ0) is 21.0. The maximum Gasteiger partial charge on any atom is 0.191 e. The second-order valence-electron chi connectivity index (χ2n) is 8.77. The maximum atomic E-state index is 4.84. The van der Waals surface area contributed by atoms with Crippen LogP contribution in [0.1, 0.15) is 64.0 Å². The lowest BCUT2D eigenvalue weighted by molar-refractivity contribution is 0.224. The standard InChI is InChI=1S/C24H42N6/c1-3-25-24(26-15-6-4-7-16-29-17-8-5-9-18-29)28-22-13-19-30(20-14-22)23-12-10-11-21(2)27-23/h10-12,22H,3-9,13-20H2,1-2H3,(H2,25,26,28). The smallest absolute Gasteiger partial charge is 0.191 e. The average molecular weight is 415 g/mol. The van der Waals surface area contributed by atoms with E-state index in [1.807, 2.05) is 0 Å². The van der Waals surface area contributed by atoms with Gasteiger partial charge in [-0.15, -0.1) is 0 Å². The Labute approximate surface area is 183 Å². The topological polar surface area (TPSA) is 55.8 Å². The Balaban J connectivity index is 1.34. The zero-order valence-corrected chi connectivity index (χ0v) is 19.2. The number of likely N-dealkylation sites (tertiary alicyclic amines) is 1. The van der Waals surface area contributed by atoms with E-state index in [2.05, 4.69) is 57.5 Å². The van der Waals surface area contributed by atoms with Gasteiger partial charge < -0.3 is 20.4 Å². The number of pyridine rings is 1. The summed E-state index contributed by atoms with van der Waals surface area (Å²) in [5, 5.41) is 7.09. The highest BCUT2D eigenvalue weighted by atomic mass is 15.2. The van der Waals surface area contributed by atoms with Gasteiger partial charge in [0.25, 0.3) is 0 Å². The van der Waals surface area contributed by atoms with E-state index >= 15 is 0 Å². The molecule has 0 aliphatic carbocycles. The summed E-state index contributed by atoms with van der Waals surface area (Å²) < 4.78 is 0. The summed E-state index contributed by atoms with van der Waals surface area (Å²) in [5.41, 5.74) is 1.09. The van der Waals surface area contributed by atoms with Crippen molar-refractivity contribution >= 4 is 11.8 Å². The molecule has 2 saturated heterocycles. The molecule has 0 bridgehead atoms. The van der Waals surface area contributed by atoms with Gasteiger partial charge in [-0.1, -0.05) is 18.9 Å². The Kier molecular flexibility index (Phi) is 9.74. The minimum atomic E-state index is 0.489. The lowest BCUT2D eigenvalue weighted by Gasteiger charge is -2.34. The molecule has 168 valence electrons. The molecule has 0 spiro atoms. The summed E-state index contributed by atoms with van der Waals surface area (Å²) >= 11 is 0. The number of aliphatic imine (C=N–C) groups is 1. The van der Waals surface area contributed by atoms with Crippen LogP contribution in [0.25, 0.3) is 0 Å². The fraction of sp³-hybridized carbons (Fsp3) is 0.750. The third kappa shape index (κ3) is 7.78. The Hall–Kier alpha value is -1.82. The molecule has 0 saturated carbocycles. The number of rotatable bonds is 9. The highest BCUT2D eigenvalue weighted by molar-refractivity contribution is 5.80. The number of nitrogens with zero attached hydrogens (tertiary/aromatic N) is 4. The number of hydrogen-bond acceptors (Lipinski definition) is 4. The fourth-order valence-electron chi connectivity index (χ4n) is 4.47. The number of nitrogens with one attached hydrogen (secondary N) is 2. The SMILES string of the molecule is CCNC(=NCCCCCN1CCCCC1)NC1CCN(c2cccc(C)n2)CC1. The van der Waals surface area contributed by atoms with Crippen molar-refractivity contribution in [3.05, 3.63) is 23.9 Å². The van der Waals surface area contributed by atoms with Gasteiger partial charge in [-0.2, -0.15) is 0 Å². The molecule has 0 radical (unpaired) electrons. The highest BCUT2D eigenvalue weighted by Crippen LogP contribution is 2.18. The number of guanidine groups is 1. The molecule has 30 heavy (non-hydrogen) atoms. The Morgan fingerprint density at radius 3 is 2.60 bits per heavy atom. The minimum absolute atomic E-state index is 0.489. The first-order chi connectivity index (χ1) is 14.7. The maximum absolute atomic E-state index is 4.84. The molecule has 2 N–H and O–H groups in total. The van der Waals surface area contributed by atoms with Crippen LogP contribution in [-0.4, -0.2) is 67.7 Å². The highest BCUT2D eigenvalue weighted by Gasteiger charge is 2.21. The van der Waals surface area contributed by atoms with E-state index in [0.717, 1.165) is 56.5 Å². The second kappa shape index (κ2) is 12.8. The van der Waals surface area contributed by atoms with Gasteiger partial charge in [0, 0.05) is 37.9 Å². The predicted molar refractivity (Wildman–Crippen MR) is 127 cm³/mol. The third-order valence-corrected chi connectivity index (χ3v) is 6.23. The number of hydrogen-bond donors (Lipinski definition) is 2. The van der Waals surface area contributed by atoms with Crippen LogP contribution in [0.3, 0.4) is 0 Å². The van der Waals surface area contributed by atoms with E-state index in [-0.39, 0.29) is 0 Å². The molecule has 6 heteroatoms. The Bertz CT molecular complexity index is 632. The Morgan fingerprint density at radius 2 is 1.87 bits per heavy atom. The van der Waals surface area contributed by atoms with Crippen molar-refractivity contribution in [3.63, 3.8) is 0 Å². The summed E-state index contributed by atoms with van der Waals surface area (Å²) in [6.45, 7) is 12.0. The van der Waals surface area contributed by atoms with Crippen LogP contribution in [0, 0.1) is 6.92 Å². The molecule has 1 aromatic rings. The lowest BCUT2D eigenvalue weighted by Crippen LogP contribution is -2.49. The summed E-state index contributed by atoms with van der Waals surface area (Å²) in [7, 11) is 0. The molecule has 0 amide bonds. The zero-order valence-electron chi connectivity index (χ0n) is 19.2.